The van der Waals surface area contributed by atoms with E-state index in [1.165, 1.54) is 110 Å². The molecule has 0 amide bonds. The Morgan fingerprint density at radius 2 is 1.17 bits per heavy atom. The topological polar surface area (TPSA) is 0 Å². The summed E-state index contributed by atoms with van der Waals surface area (Å²) in [5, 5.41) is 5.55. The molecule has 52 heavy (non-hydrogen) atoms. The van der Waals surface area contributed by atoms with Crippen molar-refractivity contribution in [3.63, 3.8) is 0 Å². The van der Waals surface area contributed by atoms with Crippen molar-refractivity contribution in [2.75, 3.05) is 0 Å². The van der Waals surface area contributed by atoms with E-state index in [9.17, 15) is 0 Å². The molecule has 0 spiro atoms. The van der Waals surface area contributed by atoms with Crippen molar-refractivity contribution in [3.8, 4) is 22.3 Å². The summed E-state index contributed by atoms with van der Waals surface area (Å²) in [5.74, 6) is 2.26. The van der Waals surface area contributed by atoms with E-state index >= 15 is 0 Å². The first-order chi connectivity index (χ1) is 23.1. The van der Waals surface area contributed by atoms with Crippen molar-refractivity contribution in [3.05, 3.63) is 146 Å². The predicted octanol–water partition coefficient (Wildman–Crippen LogP) is 15.1. The first-order valence-corrected chi connectivity index (χ1v) is 22.1. The molecule has 0 unspecified atom stereocenters. The molecule has 1 fully saturated rings. The van der Waals surface area contributed by atoms with Gasteiger partial charge in [-0.3, -0.25) is 0 Å². The Kier molecular flexibility index (Phi) is 19.9. The summed E-state index contributed by atoms with van der Waals surface area (Å²) >= 11 is 1.36. The molecule has 7 rings (SSSR count). The number of hydrogen-bond acceptors (Lipinski definition) is 0. The zero-order valence-corrected chi connectivity index (χ0v) is 38.1. The normalized spacial score (nSPS) is 15.1. The predicted molar refractivity (Wildman–Crippen MR) is 236 cm³/mol. The summed E-state index contributed by atoms with van der Waals surface area (Å²) in [5.41, 5.74) is 11.3. The van der Waals surface area contributed by atoms with Gasteiger partial charge in [-0.2, -0.15) is 12.1 Å². The van der Waals surface area contributed by atoms with Gasteiger partial charge in [0.05, 0.1) is 0 Å². The van der Waals surface area contributed by atoms with E-state index in [1.54, 1.807) is 5.56 Å². The first kappa shape index (κ1) is 47.8. The average molecular weight is 827 g/mol. The van der Waals surface area contributed by atoms with Gasteiger partial charge in [-0.15, -0.1) is 93.9 Å². The minimum absolute atomic E-state index is 0. The van der Waals surface area contributed by atoms with Gasteiger partial charge >= 0.3 is 30.2 Å². The molecule has 0 aromatic heterocycles. The molecule has 6 aromatic carbocycles. The van der Waals surface area contributed by atoms with Crippen LogP contribution in [0, 0.1) is 20.8 Å². The third kappa shape index (κ3) is 11.4. The van der Waals surface area contributed by atoms with Gasteiger partial charge in [0.15, 0.2) is 0 Å². The molecule has 0 atom stereocenters. The van der Waals surface area contributed by atoms with Crippen LogP contribution in [0.15, 0.2) is 109 Å². The van der Waals surface area contributed by atoms with Gasteiger partial charge in [0, 0.05) is 0 Å². The third-order valence-electron chi connectivity index (χ3n) is 10.4. The standard InChI is InChI=1S/C26H31.C20H21.2CH3.2ClH.Si.Zr/c1-18-8-10-19(11-9-18)22-16-21-6-5-7-24(25(21)17-22)20-12-14-23(15-13-20)26(2,3)4;1-4-15-12-18-6-5-7-19(20(18)13-15)17-10-8-16(9-11-17)14(2)3;;;;;;/h5-7,12-19H,8-11H2,1-4H3;5-14H,4H2,1-3H3;2*1H3;2*1H;;/q4*-1;;;;. The molecule has 0 aliphatic heterocycles. The SMILES string of the molecule is CC1CCC(c2cc3c(-c4ccc(C(C)(C)C)cc4)cccc3[cH-]2)CC1.CCc1cc2c(-c3ccc(C(C)C)cc3)cccc2[cH-]1.Cl.Cl.[CH3-].[CH3-].[Si]=[Zr]. The molecular formula is C48H60Cl2SiZr-4. The molecule has 0 N–H and O–H groups in total. The van der Waals surface area contributed by atoms with Crippen LogP contribution in [-0.4, -0.2) is 6.88 Å². The molecule has 1 aliphatic rings. The molecule has 6 aromatic rings. The Hall–Kier alpha value is -2.22. The summed E-state index contributed by atoms with van der Waals surface area (Å²) in [7, 11) is 0. The maximum absolute atomic E-state index is 3.06. The monoisotopic (exact) mass is 824 g/mol. The van der Waals surface area contributed by atoms with Crippen LogP contribution in [0.4, 0.5) is 0 Å². The Balaban J connectivity index is 0.000000474. The maximum atomic E-state index is 3.06. The average Bonchev–Trinajstić information content (AvgIpc) is 3.74. The van der Waals surface area contributed by atoms with Crippen LogP contribution in [0.1, 0.15) is 108 Å². The van der Waals surface area contributed by atoms with Gasteiger partial charge in [0.25, 0.3) is 0 Å². The van der Waals surface area contributed by atoms with E-state index in [0.29, 0.717) is 5.92 Å². The van der Waals surface area contributed by atoms with Crippen LogP contribution in [0.5, 0.6) is 0 Å². The summed E-state index contributed by atoms with van der Waals surface area (Å²) in [4.78, 5) is 0. The second kappa shape index (κ2) is 21.6. The molecule has 0 nitrogen and oxygen atoms in total. The van der Waals surface area contributed by atoms with Crippen molar-refractivity contribution >= 4 is 53.2 Å². The quantitative estimate of drug-likeness (QED) is 0.120. The number of aryl methyl sites for hydroxylation is 1. The van der Waals surface area contributed by atoms with E-state index < -0.39 is 0 Å². The van der Waals surface area contributed by atoms with Crippen LogP contribution in [-0.2, 0) is 35.2 Å². The summed E-state index contributed by atoms with van der Waals surface area (Å²) < 4.78 is 0. The van der Waals surface area contributed by atoms with E-state index in [4.69, 9.17) is 0 Å². The van der Waals surface area contributed by atoms with Crippen LogP contribution in [0.3, 0.4) is 0 Å². The fourth-order valence-corrected chi connectivity index (χ4v) is 7.29. The van der Waals surface area contributed by atoms with Crippen LogP contribution in [0.25, 0.3) is 43.8 Å². The fourth-order valence-electron chi connectivity index (χ4n) is 7.29. The zero-order valence-electron chi connectivity index (χ0n) is 33.0. The van der Waals surface area contributed by atoms with Crippen molar-refractivity contribution in [2.24, 2.45) is 5.92 Å². The second-order valence-electron chi connectivity index (χ2n) is 15.2. The Morgan fingerprint density at radius 1 is 0.692 bits per heavy atom. The molecule has 0 heterocycles. The van der Waals surface area contributed by atoms with Crippen LogP contribution < -0.4 is 0 Å². The molecule has 1 aliphatic carbocycles. The zero-order chi connectivity index (χ0) is 34.4. The Labute approximate surface area is 346 Å². The van der Waals surface area contributed by atoms with Gasteiger partial charge in [-0.1, -0.05) is 133 Å². The van der Waals surface area contributed by atoms with E-state index in [2.05, 4.69) is 165 Å². The van der Waals surface area contributed by atoms with Crippen molar-refractivity contribution in [1.29, 1.82) is 0 Å². The molecule has 4 heteroatoms. The number of rotatable bonds is 5. The van der Waals surface area contributed by atoms with Gasteiger partial charge in [0.2, 0.25) is 0 Å². The molecule has 1 saturated carbocycles. The van der Waals surface area contributed by atoms with Gasteiger partial charge in [0.1, 0.15) is 0 Å². The minimum atomic E-state index is 0. The molecule has 0 saturated heterocycles. The van der Waals surface area contributed by atoms with Crippen LogP contribution >= 0.6 is 24.8 Å². The number of benzene rings is 4. The summed E-state index contributed by atoms with van der Waals surface area (Å²) in [6.45, 7) is 19.0. The summed E-state index contributed by atoms with van der Waals surface area (Å²) in [6.07, 6.45) is 6.57. The van der Waals surface area contributed by atoms with Crippen molar-refractivity contribution in [1.82, 2.24) is 0 Å². The van der Waals surface area contributed by atoms with Crippen LogP contribution in [0.2, 0.25) is 0 Å². The van der Waals surface area contributed by atoms with Gasteiger partial charge < -0.3 is 14.9 Å². The number of hydrogen-bond donors (Lipinski definition) is 0. The van der Waals surface area contributed by atoms with Crippen molar-refractivity contribution in [2.45, 2.75) is 97.8 Å². The van der Waals surface area contributed by atoms with Gasteiger partial charge in [-0.25, -0.2) is 0 Å². The van der Waals surface area contributed by atoms with E-state index in [-0.39, 0.29) is 45.1 Å². The molecule has 0 bridgehead atoms. The second-order valence-corrected chi connectivity index (χ2v) is 15.2. The Bertz CT molecular complexity index is 1910. The molecular weight excluding hydrogens is 767 g/mol. The number of halogens is 2. The Morgan fingerprint density at radius 3 is 1.65 bits per heavy atom. The first-order valence-electron chi connectivity index (χ1n) is 17.9. The van der Waals surface area contributed by atoms with Crippen molar-refractivity contribution < 1.29 is 23.3 Å². The molecule has 2 radical (unpaired) electrons. The number of fused-ring (bicyclic) bond motifs is 2. The third-order valence-corrected chi connectivity index (χ3v) is 10.4. The van der Waals surface area contributed by atoms with Gasteiger partial charge in [-0.05, 0) is 64.7 Å². The van der Waals surface area contributed by atoms with E-state index in [1.807, 2.05) is 0 Å². The molecule has 278 valence electrons. The van der Waals surface area contributed by atoms with E-state index in [0.717, 1.165) is 18.3 Å². The summed E-state index contributed by atoms with van der Waals surface area (Å²) in [6, 6.07) is 41.1. The fraction of sp³-hybridized carbons (Fsp3) is 0.333.